The fraction of sp³-hybridized carbons (Fsp3) is 0.304. The topological polar surface area (TPSA) is 63.0 Å². The molecule has 30 heavy (non-hydrogen) atoms. The van der Waals surface area contributed by atoms with Crippen molar-refractivity contribution in [3.8, 4) is 5.75 Å². The van der Waals surface area contributed by atoms with Crippen LogP contribution in [-0.4, -0.2) is 26.1 Å². The van der Waals surface area contributed by atoms with E-state index in [1.165, 1.54) is 11.0 Å². The number of fused-ring (bicyclic) bond motifs is 1. The Labute approximate surface area is 180 Å². The molecular weight excluding hydrogens is 404 g/mol. The molecule has 1 aromatic heterocycles. The third-order valence-corrected chi connectivity index (χ3v) is 5.23. The summed E-state index contributed by atoms with van der Waals surface area (Å²) in [6.45, 7) is 2.60. The van der Waals surface area contributed by atoms with Crippen molar-refractivity contribution in [2.75, 3.05) is 30.5 Å². The van der Waals surface area contributed by atoms with Crippen LogP contribution >= 0.6 is 11.6 Å². The third kappa shape index (κ3) is 4.60. The van der Waals surface area contributed by atoms with Crippen LogP contribution in [0, 0.1) is 0 Å². The Balaban J connectivity index is 2.06. The van der Waals surface area contributed by atoms with Crippen LogP contribution in [-0.2, 0) is 0 Å². The second-order valence-corrected chi connectivity index (χ2v) is 7.30. The van der Waals surface area contributed by atoms with E-state index in [2.05, 4.69) is 6.92 Å². The van der Waals surface area contributed by atoms with Crippen LogP contribution in [0.2, 0.25) is 0 Å². The van der Waals surface area contributed by atoms with E-state index in [1.807, 2.05) is 42.3 Å². The Morgan fingerprint density at radius 1 is 1.10 bits per heavy atom. The summed E-state index contributed by atoms with van der Waals surface area (Å²) in [6.07, 6.45) is 2.87. The zero-order valence-corrected chi connectivity index (χ0v) is 18.1. The fourth-order valence-corrected chi connectivity index (χ4v) is 3.61. The lowest BCUT2D eigenvalue weighted by Crippen LogP contribution is -2.27. The second kappa shape index (κ2) is 9.67. The Kier molecular flexibility index (Phi) is 7.00. The van der Waals surface area contributed by atoms with Crippen molar-refractivity contribution in [2.24, 2.45) is 0 Å². The van der Waals surface area contributed by atoms with Crippen LogP contribution in [0.15, 0.2) is 57.7 Å². The monoisotopic (exact) mass is 428 g/mol. The standard InChI is InChI=1S/C23H25ClN2O4/c1-4-5-8-13-26(23(24)28)19-14-16(11-12-21(19)29-3)25(2)18-15-22(27)30-20-10-7-6-9-17(18)20/h6-7,9-12,14-15H,4-5,8,13H2,1-3H3. The third-order valence-electron chi connectivity index (χ3n) is 5.03. The maximum absolute atomic E-state index is 12.1. The van der Waals surface area contributed by atoms with Crippen molar-refractivity contribution in [1.82, 2.24) is 0 Å². The Hall–Kier alpha value is -2.99. The molecule has 1 heterocycles. The number of hydrogen-bond acceptors (Lipinski definition) is 5. The molecule has 7 heteroatoms. The number of carbonyl (C=O) groups is 1. The van der Waals surface area contributed by atoms with Crippen LogP contribution in [0.25, 0.3) is 11.0 Å². The highest BCUT2D eigenvalue weighted by Gasteiger charge is 2.20. The van der Waals surface area contributed by atoms with E-state index in [0.717, 1.165) is 30.3 Å². The molecule has 2 aromatic carbocycles. The molecule has 0 unspecified atom stereocenters. The lowest BCUT2D eigenvalue weighted by Gasteiger charge is -2.26. The largest absolute Gasteiger partial charge is 0.495 e. The molecule has 0 fully saturated rings. The minimum absolute atomic E-state index is 0.429. The number of methoxy groups -OCH3 is 1. The number of halogens is 1. The fourth-order valence-electron chi connectivity index (χ4n) is 3.43. The predicted molar refractivity (Wildman–Crippen MR) is 122 cm³/mol. The Morgan fingerprint density at radius 3 is 2.57 bits per heavy atom. The van der Waals surface area contributed by atoms with E-state index in [1.54, 1.807) is 19.2 Å². The van der Waals surface area contributed by atoms with E-state index >= 15 is 0 Å². The van der Waals surface area contributed by atoms with Crippen molar-refractivity contribution in [1.29, 1.82) is 0 Å². The Morgan fingerprint density at radius 2 is 1.87 bits per heavy atom. The molecule has 1 amide bonds. The highest BCUT2D eigenvalue weighted by Crippen LogP contribution is 2.37. The SMILES string of the molecule is CCCCCN(C(=O)Cl)c1cc(N(C)c2cc(=O)oc3ccccc23)ccc1OC. The molecule has 0 bridgehead atoms. The zero-order chi connectivity index (χ0) is 21.7. The highest BCUT2D eigenvalue weighted by atomic mass is 35.5. The van der Waals surface area contributed by atoms with E-state index < -0.39 is 11.0 Å². The van der Waals surface area contributed by atoms with Crippen LogP contribution in [0.5, 0.6) is 5.75 Å². The molecule has 158 valence electrons. The lowest BCUT2D eigenvalue weighted by molar-refractivity contribution is 0.263. The maximum Gasteiger partial charge on any atom is 0.338 e. The summed E-state index contributed by atoms with van der Waals surface area (Å²) < 4.78 is 10.8. The average molecular weight is 429 g/mol. The van der Waals surface area contributed by atoms with Crippen LogP contribution < -0.4 is 20.2 Å². The number of hydrogen-bond donors (Lipinski definition) is 0. The normalized spacial score (nSPS) is 10.8. The van der Waals surface area contributed by atoms with E-state index in [-0.39, 0.29) is 0 Å². The summed E-state index contributed by atoms with van der Waals surface area (Å²) >= 11 is 5.90. The second-order valence-electron chi connectivity index (χ2n) is 6.97. The van der Waals surface area contributed by atoms with Gasteiger partial charge in [-0.2, -0.15) is 0 Å². The van der Waals surface area contributed by atoms with Crippen molar-refractivity contribution in [3.63, 3.8) is 0 Å². The van der Waals surface area contributed by atoms with Gasteiger partial charge in [-0.15, -0.1) is 0 Å². The molecule has 0 saturated carbocycles. The van der Waals surface area contributed by atoms with Gasteiger partial charge in [0, 0.05) is 30.7 Å². The lowest BCUT2D eigenvalue weighted by atomic mass is 10.1. The van der Waals surface area contributed by atoms with E-state index in [0.29, 0.717) is 29.3 Å². The van der Waals surface area contributed by atoms with Crippen LogP contribution in [0.1, 0.15) is 26.2 Å². The number of benzene rings is 2. The van der Waals surface area contributed by atoms with Gasteiger partial charge in [0.15, 0.2) is 0 Å². The first-order valence-electron chi connectivity index (χ1n) is 9.88. The molecule has 0 saturated heterocycles. The number of para-hydroxylation sites is 1. The number of carbonyl (C=O) groups excluding carboxylic acids is 1. The first kappa shape index (κ1) is 21.7. The van der Waals surface area contributed by atoms with Crippen LogP contribution in [0.3, 0.4) is 0 Å². The van der Waals surface area contributed by atoms with Gasteiger partial charge in [-0.25, -0.2) is 4.79 Å². The number of rotatable bonds is 8. The van der Waals surface area contributed by atoms with Crippen molar-refractivity contribution >= 4 is 45.0 Å². The number of amides is 1. The molecule has 0 aliphatic rings. The predicted octanol–water partition coefficient (Wildman–Crippen LogP) is 5.92. The summed E-state index contributed by atoms with van der Waals surface area (Å²) in [5.41, 5.74) is 2.15. The Bertz CT molecular complexity index is 1100. The molecule has 6 nitrogen and oxygen atoms in total. The number of ether oxygens (including phenoxy) is 1. The summed E-state index contributed by atoms with van der Waals surface area (Å²) in [5.74, 6) is 0.551. The summed E-state index contributed by atoms with van der Waals surface area (Å²) in [5, 5.41) is 0.250. The molecule has 0 radical (unpaired) electrons. The molecular formula is C23H25ClN2O4. The molecule has 0 atom stereocenters. The van der Waals surface area contributed by atoms with Gasteiger partial charge in [-0.3, -0.25) is 9.69 Å². The van der Waals surface area contributed by atoms with Gasteiger partial charge in [0.2, 0.25) is 0 Å². The first-order valence-corrected chi connectivity index (χ1v) is 10.3. The summed E-state index contributed by atoms with van der Waals surface area (Å²) in [7, 11) is 3.41. The highest BCUT2D eigenvalue weighted by molar-refractivity contribution is 6.66. The van der Waals surface area contributed by atoms with Gasteiger partial charge >= 0.3 is 11.0 Å². The maximum atomic E-state index is 12.1. The number of unbranched alkanes of at least 4 members (excludes halogenated alkanes) is 2. The van der Waals surface area contributed by atoms with Gasteiger partial charge in [-0.05, 0) is 48.4 Å². The average Bonchev–Trinajstić information content (AvgIpc) is 2.75. The molecule has 0 aliphatic carbocycles. The van der Waals surface area contributed by atoms with Crippen molar-refractivity contribution < 1.29 is 13.9 Å². The first-order chi connectivity index (χ1) is 14.5. The van der Waals surface area contributed by atoms with Crippen molar-refractivity contribution in [2.45, 2.75) is 26.2 Å². The zero-order valence-electron chi connectivity index (χ0n) is 17.4. The minimum Gasteiger partial charge on any atom is -0.495 e. The number of nitrogens with zero attached hydrogens (tertiary/aromatic N) is 2. The summed E-state index contributed by atoms with van der Waals surface area (Å²) in [6, 6.07) is 14.3. The van der Waals surface area contributed by atoms with E-state index in [9.17, 15) is 9.59 Å². The number of anilines is 3. The van der Waals surface area contributed by atoms with Gasteiger partial charge in [0.1, 0.15) is 11.3 Å². The summed E-state index contributed by atoms with van der Waals surface area (Å²) in [4.78, 5) is 27.6. The molecule has 3 rings (SSSR count). The molecule has 3 aromatic rings. The molecule has 0 N–H and O–H groups in total. The van der Waals surface area contributed by atoms with Crippen molar-refractivity contribution in [3.05, 3.63) is 59.0 Å². The molecule has 0 aliphatic heterocycles. The van der Waals surface area contributed by atoms with E-state index in [4.69, 9.17) is 20.8 Å². The van der Waals surface area contributed by atoms with Crippen LogP contribution in [0.4, 0.5) is 21.9 Å². The van der Waals surface area contributed by atoms with Gasteiger partial charge in [0.25, 0.3) is 0 Å². The minimum atomic E-state index is -0.560. The molecule has 0 spiro atoms. The van der Waals surface area contributed by atoms with Gasteiger partial charge in [0.05, 0.1) is 18.5 Å². The smallest absolute Gasteiger partial charge is 0.338 e. The van der Waals surface area contributed by atoms with Gasteiger partial charge in [-0.1, -0.05) is 31.9 Å². The van der Waals surface area contributed by atoms with Gasteiger partial charge < -0.3 is 14.1 Å². The quantitative estimate of drug-likeness (QED) is 0.193.